The number of carbonyl (C=O) groups is 1. The lowest BCUT2D eigenvalue weighted by Gasteiger charge is -2.26. The summed E-state index contributed by atoms with van der Waals surface area (Å²) >= 11 is 5.95. The van der Waals surface area contributed by atoms with E-state index >= 15 is 0 Å². The number of hydrogen-bond donors (Lipinski definition) is 2. The number of carboxylic acid groups (broad SMARTS) is 1. The number of alkyl halides is 3. The third-order valence-corrected chi connectivity index (χ3v) is 6.65. The molecule has 196 valence electrons. The van der Waals surface area contributed by atoms with Crippen molar-refractivity contribution in [1.29, 1.82) is 0 Å². The van der Waals surface area contributed by atoms with Gasteiger partial charge in [0, 0.05) is 19.3 Å². The fourth-order valence-corrected chi connectivity index (χ4v) is 4.68. The molecule has 2 heterocycles. The van der Waals surface area contributed by atoms with Gasteiger partial charge in [-0.15, -0.1) is 0 Å². The van der Waals surface area contributed by atoms with E-state index in [1.165, 1.54) is 12.1 Å². The van der Waals surface area contributed by atoms with E-state index < -0.39 is 52.4 Å². The quantitative estimate of drug-likeness (QED) is 0.495. The zero-order chi connectivity index (χ0) is 27.2. The average Bonchev–Trinajstić information content (AvgIpc) is 3.11. The summed E-state index contributed by atoms with van der Waals surface area (Å²) in [6.07, 6.45) is -4.84. The van der Waals surface area contributed by atoms with Crippen LogP contribution in [0, 0.1) is 0 Å². The minimum atomic E-state index is -4.77. The number of aliphatic hydroxyl groups is 1. The van der Waals surface area contributed by atoms with Gasteiger partial charge in [0.1, 0.15) is 5.56 Å². The molecule has 1 aliphatic rings. The highest BCUT2D eigenvalue weighted by Crippen LogP contribution is 2.40. The molecule has 0 radical (unpaired) electrons. The first kappa shape index (κ1) is 26.3. The summed E-state index contributed by atoms with van der Waals surface area (Å²) in [6, 6.07) is 7.80. The smallest absolute Gasteiger partial charge is 0.417 e. The predicted molar refractivity (Wildman–Crippen MR) is 131 cm³/mol. The van der Waals surface area contributed by atoms with Crippen LogP contribution < -0.4 is 21.0 Å². The van der Waals surface area contributed by atoms with Gasteiger partial charge in [-0.1, -0.05) is 23.7 Å². The van der Waals surface area contributed by atoms with Gasteiger partial charge in [-0.05, 0) is 43.7 Å². The molecule has 1 unspecified atom stereocenters. The fourth-order valence-electron chi connectivity index (χ4n) is 4.38. The topological polar surface area (TPSA) is 108 Å². The standard InChI is InChI=1S/C24H22ClF3N4O5/c1-3-29-17-9-8-14(10-18(17)30(4-2)22(29)36)31-12-15(21(34)35)20(33)32(23(31)37)11-13-6-5-7-16(19(13)25)24(26,27)28/h5-10,12,22,36H,3-4,11H2,1-2H3,(H,34,35). The van der Waals surface area contributed by atoms with Gasteiger partial charge in [0.05, 0.1) is 34.2 Å². The highest BCUT2D eigenvalue weighted by Gasteiger charge is 2.35. The Labute approximate surface area is 213 Å². The number of aliphatic hydroxyl groups excluding tert-OH is 1. The number of benzene rings is 2. The van der Waals surface area contributed by atoms with E-state index in [2.05, 4.69) is 0 Å². The summed E-state index contributed by atoms with van der Waals surface area (Å²) in [5.41, 5.74) is -2.79. The van der Waals surface area contributed by atoms with E-state index in [0.29, 0.717) is 29.0 Å². The van der Waals surface area contributed by atoms with Crippen LogP contribution in [0.4, 0.5) is 24.5 Å². The molecule has 0 spiro atoms. The Morgan fingerprint density at radius 2 is 1.70 bits per heavy atom. The first-order valence-electron chi connectivity index (χ1n) is 11.2. The maximum absolute atomic E-state index is 13.4. The van der Waals surface area contributed by atoms with Crippen LogP contribution in [-0.2, 0) is 12.7 Å². The monoisotopic (exact) mass is 538 g/mol. The van der Waals surface area contributed by atoms with Gasteiger partial charge in [-0.3, -0.25) is 13.9 Å². The number of hydrogen-bond acceptors (Lipinski definition) is 6. The van der Waals surface area contributed by atoms with Gasteiger partial charge >= 0.3 is 17.8 Å². The second-order valence-electron chi connectivity index (χ2n) is 8.26. The number of nitrogens with zero attached hydrogens (tertiary/aromatic N) is 4. The number of anilines is 2. The van der Waals surface area contributed by atoms with Crippen molar-refractivity contribution in [2.45, 2.75) is 32.9 Å². The van der Waals surface area contributed by atoms with Gasteiger partial charge in [0.2, 0.25) is 6.35 Å². The molecular weight excluding hydrogens is 517 g/mol. The van der Waals surface area contributed by atoms with Crippen molar-refractivity contribution in [3.05, 3.63) is 85.1 Å². The van der Waals surface area contributed by atoms with Crippen molar-refractivity contribution >= 4 is 28.9 Å². The van der Waals surface area contributed by atoms with Gasteiger partial charge in [0.15, 0.2) is 0 Å². The highest BCUT2D eigenvalue weighted by atomic mass is 35.5. The molecule has 1 aromatic heterocycles. The van der Waals surface area contributed by atoms with Crippen LogP contribution in [0.3, 0.4) is 0 Å². The first-order valence-corrected chi connectivity index (χ1v) is 11.6. The molecule has 0 amide bonds. The first-order chi connectivity index (χ1) is 17.4. The SMILES string of the molecule is CCN1c2ccc(-n3cc(C(=O)O)c(=O)n(Cc4cccc(C(F)(F)F)c4Cl)c3=O)cc2N(CC)C1O. The Bertz CT molecular complexity index is 1500. The van der Waals surface area contributed by atoms with Crippen molar-refractivity contribution in [3.8, 4) is 5.69 Å². The fraction of sp³-hybridized carbons (Fsp3) is 0.292. The summed E-state index contributed by atoms with van der Waals surface area (Å²) in [5, 5.41) is 19.5. The van der Waals surface area contributed by atoms with Crippen LogP contribution in [0.2, 0.25) is 5.02 Å². The number of aromatic nitrogens is 2. The molecule has 1 atom stereocenters. The van der Waals surface area contributed by atoms with Crippen LogP contribution in [0.15, 0.2) is 52.2 Å². The number of aromatic carboxylic acids is 1. The zero-order valence-corrected chi connectivity index (χ0v) is 20.4. The van der Waals surface area contributed by atoms with E-state index in [1.54, 1.807) is 21.9 Å². The van der Waals surface area contributed by atoms with E-state index in [0.717, 1.165) is 22.9 Å². The van der Waals surface area contributed by atoms with Crippen LogP contribution in [-0.4, -0.2) is 44.8 Å². The molecule has 13 heteroatoms. The van der Waals surface area contributed by atoms with E-state index in [4.69, 9.17) is 11.6 Å². The Morgan fingerprint density at radius 3 is 2.30 bits per heavy atom. The minimum Gasteiger partial charge on any atom is -0.477 e. The lowest BCUT2D eigenvalue weighted by Crippen LogP contribution is -2.43. The summed E-state index contributed by atoms with van der Waals surface area (Å²) in [5.74, 6) is -1.62. The Morgan fingerprint density at radius 1 is 1.05 bits per heavy atom. The third-order valence-electron chi connectivity index (χ3n) is 6.21. The summed E-state index contributed by atoms with van der Waals surface area (Å²) in [4.78, 5) is 41.5. The molecule has 0 fully saturated rings. The molecule has 37 heavy (non-hydrogen) atoms. The van der Waals surface area contributed by atoms with E-state index in [-0.39, 0.29) is 11.3 Å². The molecular formula is C24H22ClF3N4O5. The van der Waals surface area contributed by atoms with Crippen molar-refractivity contribution in [3.63, 3.8) is 0 Å². The van der Waals surface area contributed by atoms with E-state index in [1.807, 2.05) is 13.8 Å². The van der Waals surface area contributed by atoms with E-state index in [9.17, 15) is 37.8 Å². The lowest BCUT2D eigenvalue weighted by molar-refractivity contribution is -0.137. The number of rotatable bonds is 6. The van der Waals surface area contributed by atoms with Gasteiger partial charge in [-0.2, -0.15) is 13.2 Å². The Kier molecular flexibility index (Phi) is 6.82. The van der Waals surface area contributed by atoms with Crippen LogP contribution in [0.1, 0.15) is 35.3 Å². The molecule has 4 rings (SSSR count). The molecule has 2 aromatic carbocycles. The lowest BCUT2D eigenvalue weighted by atomic mass is 10.1. The molecule has 0 saturated carbocycles. The molecule has 0 saturated heterocycles. The average molecular weight is 539 g/mol. The second kappa shape index (κ2) is 9.60. The largest absolute Gasteiger partial charge is 0.477 e. The molecule has 2 N–H and O–H groups in total. The minimum absolute atomic E-state index is 0.183. The second-order valence-corrected chi connectivity index (χ2v) is 8.64. The van der Waals surface area contributed by atoms with Crippen molar-refractivity contribution in [1.82, 2.24) is 9.13 Å². The number of halogens is 4. The molecule has 0 bridgehead atoms. The van der Waals surface area contributed by atoms with Crippen LogP contribution in [0.5, 0.6) is 0 Å². The molecule has 9 nitrogen and oxygen atoms in total. The number of fused-ring (bicyclic) bond motifs is 1. The summed E-state index contributed by atoms with van der Waals surface area (Å²) in [7, 11) is 0. The van der Waals surface area contributed by atoms with Crippen molar-refractivity contribution < 1.29 is 28.2 Å². The van der Waals surface area contributed by atoms with Gasteiger partial charge < -0.3 is 20.0 Å². The van der Waals surface area contributed by atoms with Crippen molar-refractivity contribution in [2.75, 3.05) is 22.9 Å². The molecule has 0 aliphatic carbocycles. The van der Waals surface area contributed by atoms with Crippen LogP contribution >= 0.6 is 11.6 Å². The zero-order valence-electron chi connectivity index (χ0n) is 19.7. The molecule has 1 aliphatic heterocycles. The predicted octanol–water partition coefficient (Wildman–Crippen LogP) is 3.36. The summed E-state index contributed by atoms with van der Waals surface area (Å²) in [6.45, 7) is 3.92. The Balaban J connectivity index is 1.90. The third kappa shape index (κ3) is 4.46. The Hall–Kier alpha value is -3.77. The maximum atomic E-state index is 13.4. The number of carboxylic acids is 1. The maximum Gasteiger partial charge on any atom is 0.417 e. The van der Waals surface area contributed by atoms with Gasteiger partial charge in [-0.25, -0.2) is 9.59 Å². The van der Waals surface area contributed by atoms with Crippen molar-refractivity contribution in [2.24, 2.45) is 0 Å². The van der Waals surface area contributed by atoms with Gasteiger partial charge in [0.25, 0.3) is 5.56 Å². The highest BCUT2D eigenvalue weighted by molar-refractivity contribution is 6.32. The van der Waals surface area contributed by atoms with Crippen LogP contribution in [0.25, 0.3) is 5.69 Å². The normalized spacial score (nSPS) is 15.3. The summed E-state index contributed by atoms with van der Waals surface area (Å²) < 4.78 is 41.4. The molecule has 3 aromatic rings.